The summed E-state index contributed by atoms with van der Waals surface area (Å²) in [5.74, 6) is 1.53. The minimum absolute atomic E-state index is 0.0642. The number of unbranched alkanes of at least 4 members (excludes halogenated alkanes) is 1. The molecule has 1 amide bonds. The molecular weight excluding hydrogens is 182 g/mol. The van der Waals surface area contributed by atoms with Crippen LogP contribution in [0, 0.1) is 12.3 Å². The lowest BCUT2D eigenvalue weighted by molar-refractivity contribution is -0.137. The highest BCUT2D eigenvalue weighted by molar-refractivity contribution is 5.75. The first kappa shape index (κ1) is 12.5. The first-order valence-electron chi connectivity index (χ1n) is 4.58. The maximum Gasteiger partial charge on any atom is 0.303 e. The van der Waals surface area contributed by atoms with Gasteiger partial charge in [-0.2, -0.15) is 0 Å². The van der Waals surface area contributed by atoms with Gasteiger partial charge in [-0.3, -0.25) is 9.59 Å². The Morgan fingerprint density at radius 2 is 1.93 bits per heavy atom. The molecular formula is C10H15NO3. The fraction of sp³-hybridized carbons (Fsp3) is 0.600. The molecule has 78 valence electrons. The molecule has 0 aromatic heterocycles. The smallest absolute Gasteiger partial charge is 0.303 e. The van der Waals surface area contributed by atoms with Gasteiger partial charge in [0.1, 0.15) is 0 Å². The molecule has 0 saturated heterocycles. The van der Waals surface area contributed by atoms with Gasteiger partial charge in [-0.15, -0.1) is 12.3 Å². The predicted octanol–water partition coefficient (Wildman–Crippen LogP) is 0.771. The summed E-state index contributed by atoms with van der Waals surface area (Å²) in [4.78, 5) is 21.2. The number of terminal acetylenes is 1. The van der Waals surface area contributed by atoms with E-state index < -0.39 is 5.97 Å². The van der Waals surface area contributed by atoms with Gasteiger partial charge in [0.05, 0.1) is 0 Å². The Balaban J connectivity index is 3.28. The van der Waals surface area contributed by atoms with Crippen molar-refractivity contribution in [1.29, 1.82) is 0 Å². The Kier molecular flexibility index (Phi) is 7.24. The summed E-state index contributed by atoms with van der Waals surface area (Å²) in [6.07, 6.45) is 7.17. The van der Waals surface area contributed by atoms with Crippen molar-refractivity contribution < 1.29 is 14.7 Å². The largest absolute Gasteiger partial charge is 0.481 e. The number of amides is 1. The zero-order chi connectivity index (χ0) is 10.8. The van der Waals surface area contributed by atoms with E-state index in [1.807, 2.05) is 0 Å². The maximum absolute atomic E-state index is 11.0. The normalized spacial score (nSPS) is 9.07. The van der Waals surface area contributed by atoms with Crippen LogP contribution in [0.25, 0.3) is 0 Å². The number of carbonyl (C=O) groups excluding carboxylic acids is 1. The maximum atomic E-state index is 11.0. The van der Waals surface area contributed by atoms with Gasteiger partial charge in [0.25, 0.3) is 0 Å². The minimum atomic E-state index is -0.822. The topological polar surface area (TPSA) is 66.4 Å². The van der Waals surface area contributed by atoms with Crippen LogP contribution in [-0.2, 0) is 9.59 Å². The fourth-order valence-corrected chi connectivity index (χ4v) is 0.924. The third kappa shape index (κ3) is 8.60. The zero-order valence-corrected chi connectivity index (χ0v) is 8.08. The van der Waals surface area contributed by atoms with Crippen LogP contribution < -0.4 is 5.32 Å². The van der Waals surface area contributed by atoms with E-state index in [9.17, 15) is 9.59 Å². The van der Waals surface area contributed by atoms with E-state index in [2.05, 4.69) is 11.2 Å². The van der Waals surface area contributed by atoms with Gasteiger partial charge in [0.2, 0.25) is 5.91 Å². The highest BCUT2D eigenvalue weighted by Gasteiger charge is 2.01. The molecule has 0 fully saturated rings. The number of nitrogens with one attached hydrogen (secondary N) is 1. The lowest BCUT2D eigenvalue weighted by Gasteiger charge is -2.01. The SMILES string of the molecule is C#CCCNC(=O)CCCCC(=O)O. The van der Waals surface area contributed by atoms with Crippen LogP contribution in [0.15, 0.2) is 0 Å². The van der Waals surface area contributed by atoms with Crippen molar-refractivity contribution in [2.24, 2.45) is 0 Å². The second-order valence-corrected chi connectivity index (χ2v) is 2.90. The molecule has 0 radical (unpaired) electrons. The summed E-state index contributed by atoms with van der Waals surface area (Å²) in [7, 11) is 0. The molecule has 0 aromatic carbocycles. The Hall–Kier alpha value is -1.50. The number of carbonyl (C=O) groups is 2. The minimum Gasteiger partial charge on any atom is -0.481 e. The molecule has 0 spiro atoms. The third-order valence-corrected chi connectivity index (χ3v) is 1.64. The molecule has 0 atom stereocenters. The number of hydrogen-bond acceptors (Lipinski definition) is 2. The second-order valence-electron chi connectivity index (χ2n) is 2.90. The predicted molar refractivity (Wildman–Crippen MR) is 52.6 cm³/mol. The van der Waals surface area contributed by atoms with Crippen LogP contribution in [0.2, 0.25) is 0 Å². The Bertz CT molecular complexity index is 230. The van der Waals surface area contributed by atoms with Crippen molar-refractivity contribution in [3.63, 3.8) is 0 Å². The van der Waals surface area contributed by atoms with E-state index in [-0.39, 0.29) is 12.3 Å². The molecule has 0 aliphatic carbocycles. The van der Waals surface area contributed by atoms with E-state index >= 15 is 0 Å². The highest BCUT2D eigenvalue weighted by Crippen LogP contribution is 1.99. The van der Waals surface area contributed by atoms with Crippen LogP contribution in [0.1, 0.15) is 32.1 Å². The van der Waals surface area contributed by atoms with E-state index in [1.54, 1.807) is 0 Å². The summed E-state index contributed by atoms with van der Waals surface area (Å²) in [5, 5.41) is 11.0. The van der Waals surface area contributed by atoms with Gasteiger partial charge in [0.15, 0.2) is 0 Å². The van der Waals surface area contributed by atoms with E-state index in [0.717, 1.165) is 0 Å². The number of carboxylic acids is 1. The summed E-state index contributed by atoms with van der Waals surface area (Å²) in [6, 6.07) is 0. The molecule has 4 nitrogen and oxygen atoms in total. The van der Waals surface area contributed by atoms with Gasteiger partial charge < -0.3 is 10.4 Å². The average molecular weight is 197 g/mol. The molecule has 0 aliphatic heterocycles. The average Bonchev–Trinajstić information content (AvgIpc) is 2.13. The van der Waals surface area contributed by atoms with Crippen LogP contribution in [0.3, 0.4) is 0 Å². The molecule has 14 heavy (non-hydrogen) atoms. The summed E-state index contributed by atoms with van der Waals surface area (Å²) in [5.41, 5.74) is 0. The van der Waals surface area contributed by atoms with Crippen LogP contribution >= 0.6 is 0 Å². The second kappa shape index (κ2) is 8.11. The van der Waals surface area contributed by atoms with E-state index in [1.165, 1.54) is 0 Å². The molecule has 4 heteroatoms. The first-order valence-corrected chi connectivity index (χ1v) is 4.58. The van der Waals surface area contributed by atoms with Crippen molar-refractivity contribution in [2.45, 2.75) is 32.1 Å². The van der Waals surface area contributed by atoms with Gasteiger partial charge >= 0.3 is 5.97 Å². The number of carboxylic acid groups (broad SMARTS) is 1. The molecule has 0 unspecified atom stereocenters. The molecule has 0 bridgehead atoms. The molecule has 2 N–H and O–H groups in total. The van der Waals surface area contributed by atoms with Crippen LogP contribution in [0.5, 0.6) is 0 Å². The molecule has 0 aromatic rings. The molecule has 0 heterocycles. The van der Waals surface area contributed by atoms with Crippen LogP contribution in [0.4, 0.5) is 0 Å². The standard InChI is InChI=1S/C10H15NO3/c1-2-3-8-11-9(12)6-4-5-7-10(13)14/h1H,3-8H2,(H,11,12)(H,13,14). The van der Waals surface area contributed by atoms with E-state index in [0.29, 0.717) is 32.2 Å². The highest BCUT2D eigenvalue weighted by atomic mass is 16.4. The first-order chi connectivity index (χ1) is 6.66. The Labute approximate surface area is 83.7 Å². The van der Waals surface area contributed by atoms with Crippen molar-refractivity contribution in [3.8, 4) is 12.3 Å². The number of rotatable bonds is 7. The summed E-state index contributed by atoms with van der Waals surface area (Å²) >= 11 is 0. The third-order valence-electron chi connectivity index (χ3n) is 1.64. The van der Waals surface area contributed by atoms with Crippen molar-refractivity contribution in [2.75, 3.05) is 6.54 Å². The molecule has 0 saturated carbocycles. The van der Waals surface area contributed by atoms with Crippen molar-refractivity contribution >= 4 is 11.9 Å². The fourth-order valence-electron chi connectivity index (χ4n) is 0.924. The monoisotopic (exact) mass is 197 g/mol. The van der Waals surface area contributed by atoms with Gasteiger partial charge in [0, 0.05) is 25.8 Å². The number of hydrogen-bond donors (Lipinski definition) is 2. The number of aliphatic carboxylic acids is 1. The summed E-state index contributed by atoms with van der Waals surface area (Å²) < 4.78 is 0. The molecule has 0 aliphatic rings. The van der Waals surface area contributed by atoms with Crippen molar-refractivity contribution in [3.05, 3.63) is 0 Å². The van der Waals surface area contributed by atoms with Gasteiger partial charge in [-0.25, -0.2) is 0 Å². The van der Waals surface area contributed by atoms with Crippen molar-refractivity contribution in [1.82, 2.24) is 5.32 Å². The van der Waals surface area contributed by atoms with Gasteiger partial charge in [-0.1, -0.05) is 0 Å². The Morgan fingerprint density at radius 1 is 1.29 bits per heavy atom. The lowest BCUT2D eigenvalue weighted by atomic mass is 10.2. The Morgan fingerprint density at radius 3 is 2.50 bits per heavy atom. The van der Waals surface area contributed by atoms with Gasteiger partial charge in [-0.05, 0) is 12.8 Å². The van der Waals surface area contributed by atoms with Crippen LogP contribution in [-0.4, -0.2) is 23.5 Å². The molecule has 0 rings (SSSR count). The lowest BCUT2D eigenvalue weighted by Crippen LogP contribution is -2.23. The zero-order valence-electron chi connectivity index (χ0n) is 8.08. The quantitative estimate of drug-likeness (QED) is 0.468. The summed E-state index contributed by atoms with van der Waals surface area (Å²) in [6.45, 7) is 0.494. The van der Waals surface area contributed by atoms with E-state index in [4.69, 9.17) is 11.5 Å².